The molecule has 0 heterocycles. The zero-order valence-corrected chi connectivity index (χ0v) is 7.48. The molecule has 2 heteroatoms. The molecule has 1 aromatic carbocycles. The summed E-state index contributed by atoms with van der Waals surface area (Å²) in [6, 6.07) is 10.0. The zero-order chi connectivity index (χ0) is 9.52. The van der Waals surface area contributed by atoms with Gasteiger partial charge in [-0.1, -0.05) is 36.9 Å². The lowest BCUT2D eigenvalue weighted by molar-refractivity contribution is 1.28. The van der Waals surface area contributed by atoms with Gasteiger partial charge < -0.3 is 0 Å². The molecule has 0 spiro atoms. The van der Waals surface area contributed by atoms with Gasteiger partial charge in [0.05, 0.1) is 0 Å². The molecule has 1 aromatic rings. The van der Waals surface area contributed by atoms with Gasteiger partial charge in [-0.3, -0.25) is 0 Å². The lowest BCUT2D eigenvalue weighted by Crippen LogP contribution is -1.97. The van der Waals surface area contributed by atoms with Crippen LogP contribution >= 0.6 is 0 Å². The van der Waals surface area contributed by atoms with Crippen LogP contribution in [0.15, 0.2) is 53.1 Å². The van der Waals surface area contributed by atoms with Crippen molar-refractivity contribution in [1.82, 2.24) is 0 Å². The van der Waals surface area contributed by atoms with Crippen LogP contribution in [0.5, 0.6) is 0 Å². The molecule has 0 amide bonds. The number of aliphatic imine (C=N–C) groups is 2. The predicted molar refractivity (Wildman–Crippen MR) is 57.3 cm³/mol. The van der Waals surface area contributed by atoms with Crippen LogP contribution in [0, 0.1) is 0 Å². The van der Waals surface area contributed by atoms with E-state index in [1.807, 2.05) is 30.3 Å². The van der Waals surface area contributed by atoms with Crippen molar-refractivity contribution in [3.8, 4) is 0 Å². The van der Waals surface area contributed by atoms with Crippen molar-refractivity contribution in [2.75, 3.05) is 0 Å². The fraction of sp³-hybridized carbons (Fsp3) is 0.0909. The van der Waals surface area contributed by atoms with Gasteiger partial charge in [0.25, 0.3) is 0 Å². The van der Waals surface area contributed by atoms with Gasteiger partial charge in [-0.15, -0.1) is 0 Å². The fourth-order valence-corrected chi connectivity index (χ4v) is 1.03. The fourth-order valence-electron chi connectivity index (χ4n) is 1.03. The summed E-state index contributed by atoms with van der Waals surface area (Å²) in [7, 11) is 0. The van der Waals surface area contributed by atoms with E-state index in [2.05, 4.69) is 23.3 Å². The van der Waals surface area contributed by atoms with E-state index in [4.69, 9.17) is 0 Å². The SMILES string of the molecule is C=CN=C(Cc1ccccc1)N=C. The van der Waals surface area contributed by atoms with Gasteiger partial charge in [0.15, 0.2) is 0 Å². The second-order valence-electron chi connectivity index (χ2n) is 2.55. The Morgan fingerprint density at radius 3 is 2.54 bits per heavy atom. The van der Waals surface area contributed by atoms with Crippen molar-refractivity contribution in [2.45, 2.75) is 6.42 Å². The maximum Gasteiger partial charge on any atom is 0.131 e. The Morgan fingerprint density at radius 1 is 1.31 bits per heavy atom. The van der Waals surface area contributed by atoms with Crippen LogP contribution in [0.1, 0.15) is 5.56 Å². The van der Waals surface area contributed by atoms with Crippen molar-refractivity contribution < 1.29 is 0 Å². The van der Waals surface area contributed by atoms with E-state index in [-0.39, 0.29) is 0 Å². The number of benzene rings is 1. The summed E-state index contributed by atoms with van der Waals surface area (Å²) in [5, 5.41) is 0. The molecule has 13 heavy (non-hydrogen) atoms. The number of hydrogen-bond acceptors (Lipinski definition) is 1. The first-order valence-electron chi connectivity index (χ1n) is 4.05. The molecule has 0 saturated heterocycles. The average molecular weight is 172 g/mol. The van der Waals surface area contributed by atoms with Crippen molar-refractivity contribution in [1.29, 1.82) is 0 Å². The van der Waals surface area contributed by atoms with Crippen molar-refractivity contribution >= 4 is 12.6 Å². The van der Waals surface area contributed by atoms with E-state index in [9.17, 15) is 0 Å². The van der Waals surface area contributed by atoms with Gasteiger partial charge >= 0.3 is 0 Å². The summed E-state index contributed by atoms with van der Waals surface area (Å²) in [6.45, 7) is 6.96. The van der Waals surface area contributed by atoms with Crippen LogP contribution in [-0.4, -0.2) is 12.6 Å². The molecule has 0 atom stereocenters. The van der Waals surface area contributed by atoms with Gasteiger partial charge in [-0.05, 0) is 12.3 Å². The molecule has 0 aliphatic heterocycles. The Kier molecular flexibility index (Phi) is 3.64. The Hall–Kier alpha value is -1.70. The van der Waals surface area contributed by atoms with E-state index in [0.717, 1.165) is 0 Å². The maximum atomic E-state index is 3.99. The molecule has 0 aliphatic carbocycles. The summed E-state index contributed by atoms with van der Waals surface area (Å²) < 4.78 is 0. The predicted octanol–water partition coefficient (Wildman–Crippen LogP) is 2.47. The standard InChI is InChI=1S/C11H12N2/c1-3-13-11(12-2)9-10-7-5-4-6-8-10/h3-8H,1-2,9H2. The molecule has 0 aliphatic rings. The van der Waals surface area contributed by atoms with E-state index >= 15 is 0 Å². The summed E-state index contributed by atoms with van der Waals surface area (Å²) in [5.41, 5.74) is 1.18. The molecule has 0 N–H and O–H groups in total. The zero-order valence-electron chi connectivity index (χ0n) is 7.48. The highest BCUT2D eigenvalue weighted by Crippen LogP contribution is 2.01. The van der Waals surface area contributed by atoms with Crippen molar-refractivity contribution in [3.05, 3.63) is 48.7 Å². The minimum Gasteiger partial charge on any atom is -0.249 e. The van der Waals surface area contributed by atoms with Crippen LogP contribution in [0.2, 0.25) is 0 Å². The molecule has 1 rings (SSSR count). The number of hydrogen-bond donors (Lipinski definition) is 0. The number of rotatable bonds is 3. The van der Waals surface area contributed by atoms with E-state index in [1.165, 1.54) is 11.8 Å². The molecule has 0 fully saturated rings. The summed E-state index contributed by atoms with van der Waals surface area (Å²) in [4.78, 5) is 7.79. The smallest absolute Gasteiger partial charge is 0.131 e. The molecular formula is C11H12N2. The van der Waals surface area contributed by atoms with Crippen molar-refractivity contribution in [3.63, 3.8) is 0 Å². The first-order chi connectivity index (χ1) is 6.36. The van der Waals surface area contributed by atoms with Gasteiger partial charge in [0, 0.05) is 12.6 Å². The quantitative estimate of drug-likeness (QED) is 0.494. The second kappa shape index (κ2) is 5.04. The largest absolute Gasteiger partial charge is 0.249 e. The lowest BCUT2D eigenvalue weighted by atomic mass is 10.1. The molecule has 0 bridgehead atoms. The van der Waals surface area contributed by atoms with Crippen LogP contribution in [0.25, 0.3) is 0 Å². The minimum atomic E-state index is 0.696. The van der Waals surface area contributed by atoms with Crippen molar-refractivity contribution in [2.24, 2.45) is 9.98 Å². The average Bonchev–Trinajstić information content (AvgIpc) is 2.19. The maximum absolute atomic E-state index is 3.99. The summed E-state index contributed by atoms with van der Waals surface area (Å²) in [5.74, 6) is 0.696. The van der Waals surface area contributed by atoms with Crippen LogP contribution in [0.4, 0.5) is 0 Å². The molecule has 0 radical (unpaired) electrons. The molecule has 0 saturated carbocycles. The van der Waals surface area contributed by atoms with Gasteiger partial charge in [-0.2, -0.15) is 0 Å². The number of amidine groups is 1. The molecular weight excluding hydrogens is 160 g/mol. The molecule has 0 aromatic heterocycles. The topological polar surface area (TPSA) is 24.7 Å². The minimum absolute atomic E-state index is 0.696. The highest BCUT2D eigenvalue weighted by molar-refractivity contribution is 5.88. The van der Waals surface area contributed by atoms with Crippen LogP contribution in [-0.2, 0) is 6.42 Å². The highest BCUT2D eigenvalue weighted by atomic mass is 14.9. The van der Waals surface area contributed by atoms with E-state index in [1.54, 1.807) is 0 Å². The second-order valence-corrected chi connectivity index (χ2v) is 2.55. The molecule has 66 valence electrons. The third kappa shape index (κ3) is 3.03. The number of nitrogens with zero attached hydrogens (tertiary/aromatic N) is 2. The molecule has 2 nitrogen and oxygen atoms in total. The van der Waals surface area contributed by atoms with E-state index < -0.39 is 0 Å². The van der Waals surface area contributed by atoms with E-state index in [0.29, 0.717) is 12.3 Å². The third-order valence-corrected chi connectivity index (χ3v) is 1.63. The Labute approximate surface area is 78.4 Å². The normalized spacial score (nSPS) is 10.9. The van der Waals surface area contributed by atoms with Gasteiger partial charge in [-0.25, -0.2) is 9.98 Å². The van der Waals surface area contributed by atoms with Crippen LogP contribution < -0.4 is 0 Å². The Morgan fingerprint density at radius 2 is 2.00 bits per heavy atom. The van der Waals surface area contributed by atoms with Crippen LogP contribution in [0.3, 0.4) is 0 Å². The van der Waals surface area contributed by atoms with Gasteiger partial charge in [0.1, 0.15) is 5.84 Å². The Balaban J connectivity index is 2.73. The lowest BCUT2D eigenvalue weighted by Gasteiger charge is -1.98. The highest BCUT2D eigenvalue weighted by Gasteiger charge is 1.95. The third-order valence-electron chi connectivity index (χ3n) is 1.63. The first kappa shape index (κ1) is 9.39. The summed E-state index contributed by atoms with van der Waals surface area (Å²) in [6.07, 6.45) is 2.18. The summed E-state index contributed by atoms with van der Waals surface area (Å²) >= 11 is 0. The van der Waals surface area contributed by atoms with Gasteiger partial charge in [0.2, 0.25) is 0 Å². The Bertz CT molecular complexity index is 312. The monoisotopic (exact) mass is 172 g/mol. The first-order valence-corrected chi connectivity index (χ1v) is 4.05. The molecule has 0 unspecified atom stereocenters.